The van der Waals surface area contributed by atoms with E-state index in [9.17, 15) is 4.79 Å². The van der Waals surface area contributed by atoms with Crippen LogP contribution in [0.25, 0.3) is 5.69 Å². The summed E-state index contributed by atoms with van der Waals surface area (Å²) in [5.41, 5.74) is 1.85. The standard InChI is InChI=1S/C19H27N5O2S/c1-14-10-11-17(26-2)16(12-14)24-19(21-22-23-24)27-13-18(25)20-15-8-6-4-3-5-7-9-15/h10-12,15H,3-9,13H2,1-2H3,(H,20,25). The number of aryl methyl sites for hydroxylation is 1. The molecule has 1 aromatic heterocycles. The van der Waals surface area contributed by atoms with Gasteiger partial charge in [-0.1, -0.05) is 49.9 Å². The van der Waals surface area contributed by atoms with Crippen LogP contribution in [0.15, 0.2) is 23.4 Å². The number of amides is 1. The first-order valence-corrected chi connectivity index (χ1v) is 10.5. The monoisotopic (exact) mass is 389 g/mol. The molecule has 1 aromatic carbocycles. The fourth-order valence-corrected chi connectivity index (χ4v) is 4.08. The maximum absolute atomic E-state index is 12.4. The SMILES string of the molecule is COc1ccc(C)cc1-n1nnnc1SCC(=O)NC1CCCCCCC1. The zero-order valence-corrected chi connectivity index (χ0v) is 16.8. The van der Waals surface area contributed by atoms with Crippen LogP contribution in [0.2, 0.25) is 0 Å². The first kappa shape index (κ1) is 19.7. The smallest absolute Gasteiger partial charge is 0.230 e. The highest BCUT2D eigenvalue weighted by atomic mass is 32.2. The van der Waals surface area contributed by atoms with E-state index in [1.54, 1.807) is 11.8 Å². The highest BCUT2D eigenvalue weighted by Crippen LogP contribution is 2.27. The number of nitrogens with one attached hydrogen (secondary N) is 1. The van der Waals surface area contributed by atoms with Crippen LogP contribution in [0.4, 0.5) is 0 Å². The van der Waals surface area contributed by atoms with Gasteiger partial charge in [-0.3, -0.25) is 4.79 Å². The van der Waals surface area contributed by atoms with Crippen molar-refractivity contribution in [2.24, 2.45) is 0 Å². The maximum Gasteiger partial charge on any atom is 0.230 e. The van der Waals surface area contributed by atoms with E-state index in [1.165, 1.54) is 43.9 Å². The van der Waals surface area contributed by atoms with Crippen LogP contribution in [0.3, 0.4) is 0 Å². The number of rotatable bonds is 6. The van der Waals surface area contributed by atoms with E-state index in [0.29, 0.717) is 22.7 Å². The molecule has 7 nitrogen and oxygen atoms in total. The molecule has 27 heavy (non-hydrogen) atoms. The molecule has 0 saturated heterocycles. The molecular weight excluding hydrogens is 362 g/mol. The van der Waals surface area contributed by atoms with Crippen molar-refractivity contribution in [1.82, 2.24) is 25.5 Å². The molecule has 1 heterocycles. The van der Waals surface area contributed by atoms with Gasteiger partial charge in [0.05, 0.1) is 12.9 Å². The molecule has 3 rings (SSSR count). The summed E-state index contributed by atoms with van der Waals surface area (Å²) < 4.78 is 7.05. The van der Waals surface area contributed by atoms with Crippen molar-refractivity contribution in [2.75, 3.05) is 12.9 Å². The van der Waals surface area contributed by atoms with Gasteiger partial charge >= 0.3 is 0 Å². The van der Waals surface area contributed by atoms with Gasteiger partial charge in [0.15, 0.2) is 0 Å². The molecule has 1 aliphatic carbocycles. The molecule has 146 valence electrons. The van der Waals surface area contributed by atoms with Gasteiger partial charge in [0.2, 0.25) is 11.1 Å². The van der Waals surface area contributed by atoms with Crippen LogP contribution in [-0.2, 0) is 4.79 Å². The Labute approximate surface area is 164 Å². The lowest BCUT2D eigenvalue weighted by atomic mass is 9.97. The highest BCUT2D eigenvalue weighted by Gasteiger charge is 2.17. The molecule has 8 heteroatoms. The summed E-state index contributed by atoms with van der Waals surface area (Å²) in [5.74, 6) is 1.02. The minimum absolute atomic E-state index is 0.0383. The normalized spacial score (nSPS) is 15.8. The second-order valence-corrected chi connectivity index (χ2v) is 7.89. The van der Waals surface area contributed by atoms with Gasteiger partial charge in [0, 0.05) is 6.04 Å². The van der Waals surface area contributed by atoms with Gasteiger partial charge in [-0.15, -0.1) is 5.10 Å². The third kappa shape index (κ3) is 5.45. The largest absolute Gasteiger partial charge is 0.494 e. The van der Waals surface area contributed by atoms with Crippen molar-refractivity contribution in [2.45, 2.75) is 63.1 Å². The molecule has 1 amide bonds. The number of hydrogen-bond donors (Lipinski definition) is 1. The molecule has 0 spiro atoms. The third-order valence-electron chi connectivity index (χ3n) is 4.81. The van der Waals surface area contributed by atoms with Gasteiger partial charge in [-0.25, -0.2) is 0 Å². The Bertz CT molecular complexity index is 756. The average molecular weight is 390 g/mol. The Morgan fingerprint density at radius 3 is 2.74 bits per heavy atom. The predicted molar refractivity (Wildman–Crippen MR) is 105 cm³/mol. The van der Waals surface area contributed by atoms with Crippen molar-refractivity contribution in [3.63, 3.8) is 0 Å². The van der Waals surface area contributed by atoms with E-state index in [1.807, 2.05) is 25.1 Å². The lowest BCUT2D eigenvalue weighted by Gasteiger charge is -2.20. The Balaban J connectivity index is 1.62. The molecule has 0 radical (unpaired) electrons. The molecular formula is C19H27N5O2S. The van der Waals surface area contributed by atoms with Crippen molar-refractivity contribution >= 4 is 17.7 Å². The summed E-state index contributed by atoms with van der Waals surface area (Å²) in [6, 6.07) is 6.13. The van der Waals surface area contributed by atoms with Crippen LogP contribution in [-0.4, -0.2) is 45.0 Å². The number of nitrogens with zero attached hydrogens (tertiary/aromatic N) is 4. The Hall–Kier alpha value is -2.09. The summed E-state index contributed by atoms with van der Waals surface area (Å²) in [6.45, 7) is 2.00. The summed E-state index contributed by atoms with van der Waals surface area (Å²) in [4.78, 5) is 12.4. The van der Waals surface area contributed by atoms with Crippen LogP contribution < -0.4 is 10.1 Å². The molecule has 1 aliphatic rings. The molecule has 0 atom stereocenters. The number of methoxy groups -OCH3 is 1. The molecule has 2 aromatic rings. The number of tetrazole rings is 1. The first-order valence-electron chi connectivity index (χ1n) is 9.53. The minimum atomic E-state index is 0.0383. The third-order valence-corrected chi connectivity index (χ3v) is 5.73. The number of ether oxygens (including phenoxy) is 1. The van der Waals surface area contributed by atoms with Crippen molar-refractivity contribution in [3.8, 4) is 11.4 Å². The lowest BCUT2D eigenvalue weighted by Crippen LogP contribution is -2.36. The van der Waals surface area contributed by atoms with E-state index in [4.69, 9.17) is 4.74 Å². The van der Waals surface area contributed by atoms with E-state index in [-0.39, 0.29) is 5.91 Å². The van der Waals surface area contributed by atoms with Gasteiger partial charge in [0.1, 0.15) is 11.4 Å². The Morgan fingerprint density at radius 1 is 1.26 bits per heavy atom. The number of carbonyl (C=O) groups excluding carboxylic acids is 1. The number of thioether (sulfide) groups is 1. The lowest BCUT2D eigenvalue weighted by molar-refractivity contribution is -0.119. The zero-order chi connectivity index (χ0) is 19.1. The maximum atomic E-state index is 12.4. The summed E-state index contributed by atoms with van der Waals surface area (Å²) in [6.07, 6.45) is 8.42. The quantitative estimate of drug-likeness (QED) is 0.764. The summed E-state index contributed by atoms with van der Waals surface area (Å²) in [5, 5.41) is 15.7. The Morgan fingerprint density at radius 2 is 2.00 bits per heavy atom. The molecule has 0 unspecified atom stereocenters. The molecule has 1 saturated carbocycles. The van der Waals surface area contributed by atoms with Crippen LogP contribution in [0.1, 0.15) is 50.5 Å². The van der Waals surface area contributed by atoms with E-state index in [2.05, 4.69) is 20.8 Å². The van der Waals surface area contributed by atoms with Crippen molar-refractivity contribution in [1.29, 1.82) is 0 Å². The Kier molecular flexibility index (Phi) is 7.09. The van der Waals surface area contributed by atoms with Gasteiger partial charge in [0.25, 0.3) is 0 Å². The first-order chi connectivity index (χ1) is 13.2. The summed E-state index contributed by atoms with van der Waals surface area (Å²) >= 11 is 1.34. The van der Waals surface area contributed by atoms with Crippen LogP contribution in [0, 0.1) is 6.92 Å². The van der Waals surface area contributed by atoms with Gasteiger partial charge < -0.3 is 10.1 Å². The van der Waals surface area contributed by atoms with Gasteiger partial charge in [-0.05, 0) is 47.9 Å². The topological polar surface area (TPSA) is 81.9 Å². The van der Waals surface area contributed by atoms with Crippen molar-refractivity contribution in [3.05, 3.63) is 23.8 Å². The number of hydrogen-bond acceptors (Lipinski definition) is 6. The molecule has 1 N–H and O–H groups in total. The number of benzene rings is 1. The van der Waals surface area contributed by atoms with E-state index >= 15 is 0 Å². The second kappa shape index (κ2) is 9.73. The van der Waals surface area contributed by atoms with Crippen molar-refractivity contribution < 1.29 is 9.53 Å². The van der Waals surface area contributed by atoms with Crippen LogP contribution >= 0.6 is 11.8 Å². The average Bonchev–Trinajstić information content (AvgIpc) is 3.10. The van der Waals surface area contributed by atoms with E-state index < -0.39 is 0 Å². The minimum Gasteiger partial charge on any atom is -0.494 e. The van der Waals surface area contributed by atoms with E-state index in [0.717, 1.165) is 24.1 Å². The highest BCUT2D eigenvalue weighted by molar-refractivity contribution is 7.99. The number of carbonyl (C=O) groups is 1. The van der Waals surface area contributed by atoms with Gasteiger partial charge in [-0.2, -0.15) is 4.68 Å². The summed E-state index contributed by atoms with van der Waals surface area (Å²) in [7, 11) is 1.62. The molecule has 0 aliphatic heterocycles. The molecule has 0 bridgehead atoms. The fourth-order valence-electron chi connectivity index (χ4n) is 3.39. The zero-order valence-electron chi connectivity index (χ0n) is 16.0. The number of aromatic nitrogens is 4. The fraction of sp³-hybridized carbons (Fsp3) is 0.579. The molecule has 1 fully saturated rings. The predicted octanol–water partition coefficient (Wildman–Crippen LogP) is 3.30. The van der Waals surface area contributed by atoms with Crippen LogP contribution in [0.5, 0.6) is 5.75 Å². The second-order valence-electron chi connectivity index (χ2n) is 6.95.